The number of rotatable bonds is 1. The van der Waals surface area contributed by atoms with E-state index in [4.69, 9.17) is 28.9 Å². The summed E-state index contributed by atoms with van der Waals surface area (Å²) in [5, 5.41) is 0.884. The minimum absolute atomic E-state index is 0.158. The highest BCUT2D eigenvalue weighted by molar-refractivity contribution is 7.99. The molecule has 3 nitrogen and oxygen atoms in total. The molecule has 108 valence electrons. The zero-order valence-electron chi connectivity index (χ0n) is 11.0. The lowest BCUT2D eigenvalue weighted by Gasteiger charge is -2.29. The number of anilines is 2. The molecule has 0 saturated carbocycles. The Kier molecular flexibility index (Phi) is 4.02. The Morgan fingerprint density at radius 2 is 2.00 bits per heavy atom. The Morgan fingerprint density at radius 1 is 1.19 bits per heavy atom. The minimum atomic E-state index is -0.158. The molecular weight excluding hydrogens is 327 g/mol. The van der Waals surface area contributed by atoms with Crippen LogP contribution < -0.4 is 10.6 Å². The zero-order chi connectivity index (χ0) is 15.0. The Bertz CT molecular complexity index is 721. The van der Waals surface area contributed by atoms with Gasteiger partial charge in [0.05, 0.1) is 16.3 Å². The molecule has 1 amide bonds. The quantitative estimate of drug-likeness (QED) is 0.787. The molecule has 21 heavy (non-hydrogen) atoms. The summed E-state index contributed by atoms with van der Waals surface area (Å²) in [5.74, 6) is 0.676. The van der Waals surface area contributed by atoms with Crippen LogP contribution in [-0.4, -0.2) is 18.2 Å². The van der Waals surface area contributed by atoms with E-state index in [1.54, 1.807) is 34.9 Å². The number of benzene rings is 2. The van der Waals surface area contributed by atoms with Crippen LogP contribution in [0.25, 0.3) is 0 Å². The summed E-state index contributed by atoms with van der Waals surface area (Å²) in [6.07, 6.45) is 0. The van der Waals surface area contributed by atoms with E-state index in [2.05, 4.69) is 0 Å². The molecule has 0 unspecified atom stereocenters. The molecule has 0 radical (unpaired) electrons. The number of halogens is 2. The average Bonchev–Trinajstić information content (AvgIpc) is 2.48. The van der Waals surface area contributed by atoms with Crippen molar-refractivity contribution in [3.05, 3.63) is 52.0 Å². The van der Waals surface area contributed by atoms with Crippen molar-refractivity contribution in [1.29, 1.82) is 0 Å². The number of carbonyl (C=O) groups excluding carboxylic acids is 1. The third-order valence-electron chi connectivity index (χ3n) is 3.25. The molecule has 1 heterocycles. The standard InChI is InChI=1S/C15H12Cl2N2OS/c16-9-1-3-12(17)11(7-9)15(20)19-5-6-21-14-4-2-10(18)8-13(14)19/h1-4,7-8H,5-6,18H2. The maximum atomic E-state index is 12.8. The fraction of sp³-hybridized carbons (Fsp3) is 0.133. The average molecular weight is 339 g/mol. The van der Waals surface area contributed by atoms with Crippen LogP contribution in [0.4, 0.5) is 11.4 Å². The molecule has 6 heteroatoms. The van der Waals surface area contributed by atoms with E-state index >= 15 is 0 Å². The van der Waals surface area contributed by atoms with Crippen molar-refractivity contribution in [3.63, 3.8) is 0 Å². The van der Waals surface area contributed by atoms with Crippen LogP contribution in [-0.2, 0) is 0 Å². The summed E-state index contributed by atoms with van der Waals surface area (Å²) in [6, 6.07) is 10.5. The van der Waals surface area contributed by atoms with Crippen LogP contribution >= 0.6 is 35.0 Å². The topological polar surface area (TPSA) is 46.3 Å². The second kappa shape index (κ2) is 5.79. The van der Waals surface area contributed by atoms with Crippen molar-refractivity contribution in [3.8, 4) is 0 Å². The summed E-state index contributed by atoms with van der Waals surface area (Å²) in [5.41, 5.74) is 7.71. The van der Waals surface area contributed by atoms with Gasteiger partial charge in [-0.2, -0.15) is 0 Å². The van der Waals surface area contributed by atoms with Gasteiger partial charge in [0, 0.05) is 27.9 Å². The molecule has 0 bridgehead atoms. The van der Waals surface area contributed by atoms with Gasteiger partial charge < -0.3 is 10.6 Å². The Balaban J connectivity index is 2.04. The van der Waals surface area contributed by atoms with Crippen molar-refractivity contribution < 1.29 is 4.79 Å². The third kappa shape index (κ3) is 2.84. The van der Waals surface area contributed by atoms with E-state index in [1.165, 1.54) is 0 Å². The van der Waals surface area contributed by atoms with Crippen molar-refractivity contribution in [1.82, 2.24) is 0 Å². The van der Waals surface area contributed by atoms with Gasteiger partial charge in [-0.15, -0.1) is 11.8 Å². The highest BCUT2D eigenvalue weighted by atomic mass is 35.5. The molecule has 2 N–H and O–H groups in total. The van der Waals surface area contributed by atoms with Crippen molar-refractivity contribution >= 4 is 52.2 Å². The van der Waals surface area contributed by atoms with Gasteiger partial charge in [-0.3, -0.25) is 4.79 Å². The summed E-state index contributed by atoms with van der Waals surface area (Å²) in [4.78, 5) is 15.5. The second-order valence-corrected chi connectivity index (χ2v) is 6.64. The smallest absolute Gasteiger partial charge is 0.259 e. The predicted octanol–water partition coefficient (Wildman–Crippen LogP) is 4.33. The number of fused-ring (bicyclic) bond motifs is 1. The monoisotopic (exact) mass is 338 g/mol. The zero-order valence-corrected chi connectivity index (χ0v) is 13.3. The largest absolute Gasteiger partial charge is 0.399 e. The van der Waals surface area contributed by atoms with E-state index in [1.807, 2.05) is 18.2 Å². The van der Waals surface area contributed by atoms with Crippen LogP contribution in [0.1, 0.15) is 10.4 Å². The van der Waals surface area contributed by atoms with Gasteiger partial charge in [-0.05, 0) is 36.4 Å². The van der Waals surface area contributed by atoms with Gasteiger partial charge in [0.1, 0.15) is 0 Å². The number of nitrogens with zero attached hydrogens (tertiary/aromatic N) is 1. The van der Waals surface area contributed by atoms with Gasteiger partial charge in [-0.25, -0.2) is 0 Å². The molecule has 1 aliphatic rings. The highest BCUT2D eigenvalue weighted by Gasteiger charge is 2.25. The molecular formula is C15H12Cl2N2OS. The third-order valence-corrected chi connectivity index (χ3v) is 4.86. The van der Waals surface area contributed by atoms with E-state index in [-0.39, 0.29) is 5.91 Å². The Hall–Kier alpha value is -1.36. The number of nitrogens with two attached hydrogens (primary N) is 1. The van der Waals surface area contributed by atoms with Gasteiger partial charge in [0.15, 0.2) is 0 Å². The normalized spacial score (nSPS) is 13.9. The van der Waals surface area contributed by atoms with E-state index in [0.717, 1.165) is 16.3 Å². The van der Waals surface area contributed by atoms with E-state index < -0.39 is 0 Å². The van der Waals surface area contributed by atoms with Crippen LogP contribution in [0.3, 0.4) is 0 Å². The number of nitrogen functional groups attached to an aromatic ring is 1. The van der Waals surface area contributed by atoms with E-state index in [0.29, 0.717) is 27.8 Å². The molecule has 3 rings (SSSR count). The number of hydrogen-bond donors (Lipinski definition) is 1. The summed E-state index contributed by atoms with van der Waals surface area (Å²) >= 11 is 13.8. The second-order valence-electron chi connectivity index (χ2n) is 4.66. The van der Waals surface area contributed by atoms with Gasteiger partial charge in [0.2, 0.25) is 0 Å². The first-order chi connectivity index (χ1) is 10.1. The summed E-state index contributed by atoms with van der Waals surface area (Å²) in [6.45, 7) is 0.614. The SMILES string of the molecule is Nc1ccc2c(c1)N(C(=O)c1cc(Cl)ccc1Cl)CCS2. The van der Waals surface area contributed by atoms with Crippen LogP contribution in [0.5, 0.6) is 0 Å². The van der Waals surface area contributed by atoms with Crippen molar-refractivity contribution in [2.45, 2.75) is 4.90 Å². The maximum absolute atomic E-state index is 12.8. The van der Waals surface area contributed by atoms with Crippen molar-refractivity contribution in [2.75, 3.05) is 22.9 Å². The van der Waals surface area contributed by atoms with Crippen LogP contribution in [0.15, 0.2) is 41.3 Å². The van der Waals surface area contributed by atoms with E-state index in [9.17, 15) is 4.79 Å². The van der Waals surface area contributed by atoms with Gasteiger partial charge in [0.25, 0.3) is 5.91 Å². The molecule has 1 aliphatic heterocycles. The maximum Gasteiger partial charge on any atom is 0.259 e. The first kappa shape index (κ1) is 14.6. The fourth-order valence-corrected chi connectivity index (χ4v) is 3.60. The van der Waals surface area contributed by atoms with Crippen LogP contribution in [0, 0.1) is 0 Å². The number of carbonyl (C=O) groups is 1. The number of hydrogen-bond acceptors (Lipinski definition) is 3. The number of thioether (sulfide) groups is 1. The minimum Gasteiger partial charge on any atom is -0.399 e. The predicted molar refractivity (Wildman–Crippen MR) is 89.7 cm³/mol. The fourth-order valence-electron chi connectivity index (χ4n) is 2.25. The Morgan fingerprint density at radius 3 is 2.81 bits per heavy atom. The van der Waals surface area contributed by atoms with Gasteiger partial charge in [-0.1, -0.05) is 23.2 Å². The molecule has 0 aromatic heterocycles. The number of amides is 1. The first-order valence-corrected chi connectivity index (χ1v) is 8.09. The Labute approximate surface area is 137 Å². The molecule has 2 aromatic rings. The van der Waals surface area contributed by atoms with Crippen LogP contribution in [0.2, 0.25) is 10.0 Å². The molecule has 0 aliphatic carbocycles. The molecule has 0 fully saturated rings. The molecule has 2 aromatic carbocycles. The van der Waals surface area contributed by atoms with Gasteiger partial charge >= 0.3 is 0 Å². The molecule has 0 atom stereocenters. The lowest BCUT2D eigenvalue weighted by Crippen LogP contribution is -2.35. The van der Waals surface area contributed by atoms with Crippen molar-refractivity contribution in [2.24, 2.45) is 0 Å². The lowest BCUT2D eigenvalue weighted by molar-refractivity contribution is 0.0988. The first-order valence-electron chi connectivity index (χ1n) is 6.35. The summed E-state index contributed by atoms with van der Waals surface area (Å²) < 4.78 is 0. The molecule has 0 spiro atoms. The summed E-state index contributed by atoms with van der Waals surface area (Å²) in [7, 11) is 0. The highest BCUT2D eigenvalue weighted by Crippen LogP contribution is 2.37. The lowest BCUT2D eigenvalue weighted by atomic mass is 10.1. The molecule has 0 saturated heterocycles.